The van der Waals surface area contributed by atoms with E-state index in [1.54, 1.807) is 0 Å². The number of aromatic nitrogens is 1. The summed E-state index contributed by atoms with van der Waals surface area (Å²) in [5, 5.41) is 13.0. The molecule has 0 unspecified atom stereocenters. The van der Waals surface area contributed by atoms with Crippen LogP contribution in [0.15, 0.2) is 30.3 Å². The van der Waals surface area contributed by atoms with Crippen molar-refractivity contribution in [1.82, 2.24) is 4.98 Å². The monoisotopic (exact) mass is 305 g/mol. The highest BCUT2D eigenvalue weighted by molar-refractivity contribution is 5.60. The van der Waals surface area contributed by atoms with Crippen LogP contribution < -0.4 is 5.32 Å². The summed E-state index contributed by atoms with van der Waals surface area (Å²) in [5.74, 6) is 0.779. The van der Waals surface area contributed by atoms with Gasteiger partial charge in [0.15, 0.2) is 0 Å². The number of hydrogen-bond donors (Lipinski definition) is 1. The van der Waals surface area contributed by atoms with Crippen LogP contribution in [0.1, 0.15) is 47.7 Å². The Kier molecular flexibility index (Phi) is 4.92. The van der Waals surface area contributed by atoms with Crippen molar-refractivity contribution in [2.24, 2.45) is 0 Å². The minimum Gasteiger partial charge on any atom is -0.369 e. The summed E-state index contributed by atoms with van der Waals surface area (Å²) >= 11 is 0. The Balaban J connectivity index is 1.82. The van der Waals surface area contributed by atoms with Gasteiger partial charge < -0.3 is 5.32 Å². The molecule has 1 N–H and O–H groups in total. The Morgan fingerprint density at radius 3 is 2.57 bits per heavy atom. The van der Waals surface area contributed by atoms with E-state index in [2.05, 4.69) is 42.6 Å². The molecule has 3 rings (SSSR count). The van der Waals surface area contributed by atoms with Gasteiger partial charge in [-0.1, -0.05) is 37.3 Å². The lowest BCUT2D eigenvalue weighted by Gasteiger charge is -2.22. The molecule has 2 aromatic rings. The van der Waals surface area contributed by atoms with Crippen LogP contribution in [-0.4, -0.2) is 11.5 Å². The van der Waals surface area contributed by atoms with E-state index >= 15 is 0 Å². The van der Waals surface area contributed by atoms with Crippen LogP contribution in [-0.2, 0) is 25.7 Å². The van der Waals surface area contributed by atoms with Crippen molar-refractivity contribution < 1.29 is 0 Å². The number of nitrogens with zero attached hydrogens (tertiary/aromatic N) is 2. The summed E-state index contributed by atoms with van der Waals surface area (Å²) in [6.07, 6.45) is 6.35. The first-order chi connectivity index (χ1) is 11.3. The number of anilines is 1. The van der Waals surface area contributed by atoms with Crippen LogP contribution in [0.5, 0.6) is 0 Å². The smallest absolute Gasteiger partial charge is 0.144 e. The number of aryl methyl sites for hydroxylation is 1. The number of nitriles is 1. The van der Waals surface area contributed by atoms with E-state index in [4.69, 9.17) is 4.98 Å². The number of benzene rings is 1. The molecule has 0 spiro atoms. The molecule has 1 aromatic heterocycles. The van der Waals surface area contributed by atoms with Crippen LogP contribution >= 0.6 is 0 Å². The summed E-state index contributed by atoms with van der Waals surface area (Å²) in [6.45, 7) is 2.95. The van der Waals surface area contributed by atoms with Gasteiger partial charge in [-0.25, -0.2) is 4.98 Å². The molecule has 0 aliphatic heterocycles. The molecular weight excluding hydrogens is 282 g/mol. The highest BCUT2D eigenvalue weighted by Crippen LogP contribution is 2.30. The fourth-order valence-electron chi connectivity index (χ4n) is 3.41. The fourth-order valence-corrected chi connectivity index (χ4v) is 3.41. The second-order valence-corrected chi connectivity index (χ2v) is 6.07. The zero-order chi connectivity index (χ0) is 16.1. The first-order valence-corrected chi connectivity index (χ1v) is 8.56. The lowest BCUT2D eigenvalue weighted by atomic mass is 9.87. The highest BCUT2D eigenvalue weighted by Gasteiger charge is 2.21. The molecule has 3 nitrogen and oxygen atoms in total. The Morgan fingerprint density at radius 2 is 1.87 bits per heavy atom. The van der Waals surface area contributed by atoms with E-state index in [-0.39, 0.29) is 0 Å². The number of pyridine rings is 1. The SMILES string of the molecule is CCc1nc(NCCc2ccccc2)c(C#N)c2c1CCCC2. The topological polar surface area (TPSA) is 48.7 Å². The molecule has 0 bridgehead atoms. The van der Waals surface area contributed by atoms with Crippen molar-refractivity contribution in [2.75, 3.05) is 11.9 Å². The molecule has 1 aromatic carbocycles. The Labute approximate surface area is 138 Å². The predicted octanol–water partition coefficient (Wildman–Crippen LogP) is 4.05. The third kappa shape index (κ3) is 3.37. The zero-order valence-corrected chi connectivity index (χ0v) is 13.7. The van der Waals surface area contributed by atoms with Gasteiger partial charge in [0.05, 0.1) is 5.56 Å². The quantitative estimate of drug-likeness (QED) is 0.906. The largest absolute Gasteiger partial charge is 0.369 e. The van der Waals surface area contributed by atoms with Gasteiger partial charge in [0.1, 0.15) is 11.9 Å². The van der Waals surface area contributed by atoms with Crippen molar-refractivity contribution in [3.8, 4) is 6.07 Å². The maximum absolute atomic E-state index is 9.62. The summed E-state index contributed by atoms with van der Waals surface area (Å²) in [6, 6.07) is 12.8. The molecule has 0 saturated carbocycles. The van der Waals surface area contributed by atoms with E-state index in [0.29, 0.717) is 0 Å². The maximum atomic E-state index is 9.62. The van der Waals surface area contributed by atoms with Crippen molar-refractivity contribution in [1.29, 1.82) is 5.26 Å². The summed E-state index contributed by atoms with van der Waals surface area (Å²) < 4.78 is 0. The summed E-state index contributed by atoms with van der Waals surface area (Å²) in [4.78, 5) is 4.77. The summed E-state index contributed by atoms with van der Waals surface area (Å²) in [5.41, 5.74) is 5.81. The van der Waals surface area contributed by atoms with E-state index in [1.165, 1.54) is 35.2 Å². The summed E-state index contributed by atoms with van der Waals surface area (Å²) in [7, 11) is 0. The molecule has 118 valence electrons. The average Bonchev–Trinajstić information content (AvgIpc) is 2.61. The number of nitrogens with one attached hydrogen (secondary N) is 1. The lowest BCUT2D eigenvalue weighted by molar-refractivity contribution is 0.671. The predicted molar refractivity (Wildman–Crippen MR) is 93.6 cm³/mol. The number of hydrogen-bond acceptors (Lipinski definition) is 3. The van der Waals surface area contributed by atoms with Gasteiger partial charge in [0.25, 0.3) is 0 Å². The van der Waals surface area contributed by atoms with Gasteiger partial charge in [0, 0.05) is 12.2 Å². The highest BCUT2D eigenvalue weighted by atomic mass is 15.0. The van der Waals surface area contributed by atoms with Crippen LogP contribution in [0.4, 0.5) is 5.82 Å². The zero-order valence-electron chi connectivity index (χ0n) is 13.7. The van der Waals surface area contributed by atoms with Crippen molar-refractivity contribution >= 4 is 5.82 Å². The first-order valence-electron chi connectivity index (χ1n) is 8.56. The second kappa shape index (κ2) is 7.28. The van der Waals surface area contributed by atoms with E-state index in [9.17, 15) is 5.26 Å². The van der Waals surface area contributed by atoms with Crippen LogP contribution in [0.3, 0.4) is 0 Å². The third-order valence-electron chi connectivity index (χ3n) is 4.60. The second-order valence-electron chi connectivity index (χ2n) is 6.07. The maximum Gasteiger partial charge on any atom is 0.144 e. The van der Waals surface area contributed by atoms with Gasteiger partial charge in [-0.2, -0.15) is 5.26 Å². The molecule has 1 aliphatic rings. The van der Waals surface area contributed by atoms with Gasteiger partial charge in [-0.3, -0.25) is 0 Å². The molecule has 1 aliphatic carbocycles. The van der Waals surface area contributed by atoms with Gasteiger partial charge in [0.2, 0.25) is 0 Å². The van der Waals surface area contributed by atoms with Crippen molar-refractivity contribution in [2.45, 2.75) is 45.4 Å². The van der Waals surface area contributed by atoms with Crippen LogP contribution in [0.2, 0.25) is 0 Å². The molecular formula is C20H23N3. The normalized spacial score (nSPS) is 13.2. The molecule has 0 fully saturated rings. The minimum absolute atomic E-state index is 0.768. The van der Waals surface area contributed by atoms with E-state index < -0.39 is 0 Å². The molecule has 0 amide bonds. The Morgan fingerprint density at radius 1 is 1.13 bits per heavy atom. The molecule has 0 atom stereocenters. The van der Waals surface area contributed by atoms with Crippen LogP contribution in [0, 0.1) is 11.3 Å². The fraction of sp³-hybridized carbons (Fsp3) is 0.400. The van der Waals surface area contributed by atoms with Crippen molar-refractivity contribution in [3.63, 3.8) is 0 Å². The van der Waals surface area contributed by atoms with E-state index in [0.717, 1.165) is 43.6 Å². The number of rotatable bonds is 5. The standard InChI is InChI=1S/C20H23N3/c1-2-19-17-11-7-6-10-16(17)18(14-21)20(23-19)22-13-12-15-8-4-3-5-9-15/h3-5,8-9H,2,6-7,10-13H2,1H3,(H,22,23). The van der Waals surface area contributed by atoms with Gasteiger partial charge in [-0.05, 0) is 55.2 Å². The molecule has 0 saturated heterocycles. The third-order valence-corrected chi connectivity index (χ3v) is 4.60. The molecule has 0 radical (unpaired) electrons. The van der Waals surface area contributed by atoms with Gasteiger partial charge >= 0.3 is 0 Å². The molecule has 1 heterocycles. The Hall–Kier alpha value is -2.34. The average molecular weight is 305 g/mol. The first kappa shape index (κ1) is 15.6. The van der Waals surface area contributed by atoms with Crippen molar-refractivity contribution in [3.05, 3.63) is 58.3 Å². The Bertz CT molecular complexity index is 714. The lowest BCUT2D eigenvalue weighted by Crippen LogP contribution is -2.15. The molecule has 3 heteroatoms. The van der Waals surface area contributed by atoms with E-state index in [1.807, 2.05) is 6.07 Å². The van der Waals surface area contributed by atoms with Crippen LogP contribution in [0.25, 0.3) is 0 Å². The number of fused-ring (bicyclic) bond motifs is 1. The minimum atomic E-state index is 0.768. The molecule has 23 heavy (non-hydrogen) atoms. The van der Waals surface area contributed by atoms with Gasteiger partial charge in [-0.15, -0.1) is 0 Å².